The fraction of sp³-hybridized carbons (Fsp3) is 0.974. The quantitative estimate of drug-likeness (QED) is 0.238. The zero-order chi connectivity index (χ0) is 39.7. The Morgan fingerprint density at radius 1 is 0.942 bits per heavy atom. The van der Waals surface area contributed by atoms with E-state index in [1.54, 1.807) is 41.5 Å². The summed E-state index contributed by atoms with van der Waals surface area (Å²) >= 11 is 0. The van der Waals surface area contributed by atoms with Crippen LogP contribution in [0.15, 0.2) is 0 Å². The van der Waals surface area contributed by atoms with E-state index in [-0.39, 0.29) is 37.3 Å². The van der Waals surface area contributed by atoms with E-state index < -0.39 is 96.0 Å². The second kappa shape index (κ2) is 17.8. The lowest BCUT2D eigenvalue weighted by atomic mass is 9.77. The van der Waals surface area contributed by atoms with Gasteiger partial charge in [0.2, 0.25) is 0 Å². The molecule has 306 valence electrons. The van der Waals surface area contributed by atoms with Crippen molar-refractivity contribution in [3.8, 4) is 0 Å². The number of nitrogens with zero attached hydrogens (tertiary/aromatic N) is 2. The summed E-state index contributed by atoms with van der Waals surface area (Å²) in [4.78, 5) is 18.0. The molecule has 0 saturated carbocycles. The summed E-state index contributed by atoms with van der Waals surface area (Å²) in [5, 5.41) is 58.1. The van der Waals surface area contributed by atoms with Crippen molar-refractivity contribution in [3.05, 3.63) is 0 Å². The number of ether oxygens (including phenoxy) is 6. The second-order valence-corrected chi connectivity index (χ2v) is 17.2. The molecule has 3 saturated heterocycles. The van der Waals surface area contributed by atoms with Crippen LogP contribution in [0.5, 0.6) is 0 Å². The molecule has 14 heteroatoms. The molecule has 0 unspecified atom stereocenters. The molecule has 18 atom stereocenters. The Hall–Kier alpha value is -1.01. The molecular weight excluding hydrogens is 676 g/mol. The fourth-order valence-electron chi connectivity index (χ4n) is 8.74. The van der Waals surface area contributed by atoms with Gasteiger partial charge in [-0.05, 0) is 94.8 Å². The number of likely N-dealkylation sites (N-methyl/N-ethyl adjacent to an activating group) is 2. The molecule has 0 aliphatic carbocycles. The largest absolute Gasteiger partial charge is 0.459 e. The van der Waals surface area contributed by atoms with Crippen LogP contribution in [0.2, 0.25) is 0 Å². The van der Waals surface area contributed by atoms with Gasteiger partial charge in [0, 0.05) is 38.1 Å². The van der Waals surface area contributed by atoms with Crippen LogP contribution in [-0.2, 0) is 33.2 Å². The van der Waals surface area contributed by atoms with E-state index in [0.29, 0.717) is 13.0 Å². The molecule has 14 nitrogen and oxygen atoms in total. The first kappa shape index (κ1) is 45.4. The van der Waals surface area contributed by atoms with Crippen LogP contribution in [0.25, 0.3) is 0 Å². The summed E-state index contributed by atoms with van der Waals surface area (Å²) < 4.78 is 37.5. The van der Waals surface area contributed by atoms with Gasteiger partial charge in [-0.1, -0.05) is 20.8 Å². The van der Waals surface area contributed by atoms with E-state index in [2.05, 4.69) is 0 Å². The summed E-state index contributed by atoms with van der Waals surface area (Å²) in [6.07, 6.45) is -8.19. The van der Waals surface area contributed by atoms with Gasteiger partial charge in [-0.3, -0.25) is 4.79 Å². The number of aliphatic hydroxyl groups is 5. The first-order chi connectivity index (χ1) is 23.9. The Morgan fingerprint density at radius 3 is 2.12 bits per heavy atom. The lowest BCUT2D eigenvalue weighted by Gasteiger charge is -2.48. The molecule has 0 bridgehead atoms. The Kier molecular flexibility index (Phi) is 15.6. The average Bonchev–Trinajstić information content (AvgIpc) is 3.05. The number of hydrogen-bond donors (Lipinski definition) is 5. The number of hydrogen-bond acceptors (Lipinski definition) is 14. The van der Waals surface area contributed by atoms with Crippen molar-refractivity contribution in [2.24, 2.45) is 17.8 Å². The predicted octanol–water partition coefficient (Wildman–Crippen LogP) is 1.90. The van der Waals surface area contributed by atoms with E-state index in [0.717, 1.165) is 0 Å². The summed E-state index contributed by atoms with van der Waals surface area (Å²) in [5.74, 6) is -2.58. The molecule has 0 aromatic rings. The summed E-state index contributed by atoms with van der Waals surface area (Å²) in [7, 11) is 7.12. The van der Waals surface area contributed by atoms with E-state index in [9.17, 15) is 30.3 Å². The molecule has 0 radical (unpaired) electrons. The number of rotatable bonds is 7. The maximum absolute atomic E-state index is 14.2. The van der Waals surface area contributed by atoms with Crippen LogP contribution in [0.3, 0.4) is 0 Å². The highest BCUT2D eigenvalue weighted by Gasteiger charge is 2.52. The zero-order valence-corrected chi connectivity index (χ0v) is 34.2. The summed E-state index contributed by atoms with van der Waals surface area (Å²) in [6.45, 7) is 18.0. The van der Waals surface area contributed by atoms with Gasteiger partial charge in [0.15, 0.2) is 12.6 Å². The van der Waals surface area contributed by atoms with Gasteiger partial charge in [-0.25, -0.2) is 0 Å². The van der Waals surface area contributed by atoms with Crippen LogP contribution in [0, 0.1) is 17.8 Å². The lowest BCUT2D eigenvalue weighted by Crippen LogP contribution is -2.60. The van der Waals surface area contributed by atoms with Crippen molar-refractivity contribution in [1.82, 2.24) is 9.80 Å². The van der Waals surface area contributed by atoms with Crippen LogP contribution >= 0.6 is 0 Å². The van der Waals surface area contributed by atoms with Gasteiger partial charge >= 0.3 is 5.97 Å². The van der Waals surface area contributed by atoms with E-state index in [1.807, 2.05) is 51.7 Å². The highest BCUT2D eigenvalue weighted by Crippen LogP contribution is 2.40. The molecular formula is C38H72N2O12. The minimum absolute atomic E-state index is 0.133. The smallest absolute Gasteiger partial charge is 0.311 e. The summed E-state index contributed by atoms with van der Waals surface area (Å²) in [5.41, 5.74) is -4.37. The monoisotopic (exact) mass is 749 g/mol. The molecule has 52 heavy (non-hydrogen) atoms. The van der Waals surface area contributed by atoms with Gasteiger partial charge in [0.25, 0.3) is 0 Å². The number of carbonyl (C=O) groups is 1. The van der Waals surface area contributed by atoms with Crippen molar-refractivity contribution < 1.29 is 58.7 Å². The average molecular weight is 749 g/mol. The number of carbonyl (C=O) groups excluding carboxylic acids is 1. The Balaban J connectivity index is 2.17. The standard InChI is InChI=1S/C38H72N2O12/c1-15-27-38(10,46)31(42)24(6)40(13)19-20(2)17-36(8,45)33(52-35-29(41)26(39(11)12)16-21(3)48-35)22(4)30(23(5)34(44)50-27)51-28-18-37(9,47-14)32(43)25(7)49-28/h20-33,35,41-43,45-46H,15-19H2,1-14H3/t20-,21+,22+,23-,24-,25+,26-,27+,28-,29-,30-,31-,32+,33-,35+,36+,37-,38-/m1/s1. The van der Waals surface area contributed by atoms with Crippen molar-refractivity contribution in [2.45, 2.75) is 185 Å². The molecule has 0 amide bonds. The van der Waals surface area contributed by atoms with Crippen LogP contribution in [0.1, 0.15) is 94.9 Å². The first-order valence-electron chi connectivity index (χ1n) is 19.1. The minimum Gasteiger partial charge on any atom is -0.459 e. The van der Waals surface area contributed by atoms with E-state index in [1.165, 1.54) is 14.0 Å². The van der Waals surface area contributed by atoms with Crippen LogP contribution in [0.4, 0.5) is 0 Å². The molecule has 5 N–H and O–H groups in total. The number of methoxy groups -OCH3 is 1. The third-order valence-corrected chi connectivity index (χ3v) is 12.2. The Morgan fingerprint density at radius 2 is 1.56 bits per heavy atom. The Bertz CT molecular complexity index is 1140. The molecule has 3 heterocycles. The van der Waals surface area contributed by atoms with Crippen LogP contribution < -0.4 is 0 Å². The predicted molar refractivity (Wildman–Crippen MR) is 194 cm³/mol. The van der Waals surface area contributed by atoms with Crippen molar-refractivity contribution in [3.63, 3.8) is 0 Å². The number of esters is 1. The van der Waals surface area contributed by atoms with Gasteiger partial charge in [0.05, 0.1) is 41.5 Å². The Labute approximate surface area is 312 Å². The normalized spacial score (nSPS) is 49.6. The number of aliphatic hydroxyl groups excluding tert-OH is 3. The van der Waals surface area contributed by atoms with Gasteiger partial charge in [0.1, 0.15) is 30.0 Å². The van der Waals surface area contributed by atoms with E-state index >= 15 is 0 Å². The first-order valence-corrected chi connectivity index (χ1v) is 19.1. The van der Waals surface area contributed by atoms with Crippen molar-refractivity contribution >= 4 is 5.97 Å². The molecule has 0 spiro atoms. The molecule has 3 rings (SSSR count). The highest BCUT2D eigenvalue weighted by atomic mass is 16.7. The van der Waals surface area contributed by atoms with Gasteiger partial charge in [-0.2, -0.15) is 0 Å². The van der Waals surface area contributed by atoms with Gasteiger partial charge < -0.3 is 63.8 Å². The minimum atomic E-state index is -1.80. The molecule has 3 aliphatic heterocycles. The van der Waals surface area contributed by atoms with Crippen LogP contribution in [-0.4, -0.2) is 166 Å². The maximum atomic E-state index is 14.2. The maximum Gasteiger partial charge on any atom is 0.311 e. The second-order valence-electron chi connectivity index (χ2n) is 17.2. The zero-order valence-electron chi connectivity index (χ0n) is 34.2. The van der Waals surface area contributed by atoms with Crippen molar-refractivity contribution in [1.29, 1.82) is 0 Å². The summed E-state index contributed by atoms with van der Waals surface area (Å²) in [6, 6.07) is -0.808. The molecule has 0 aromatic carbocycles. The fourth-order valence-corrected chi connectivity index (χ4v) is 8.74. The third kappa shape index (κ3) is 10.0. The van der Waals surface area contributed by atoms with Gasteiger partial charge in [-0.15, -0.1) is 0 Å². The third-order valence-electron chi connectivity index (χ3n) is 12.2. The van der Waals surface area contributed by atoms with Crippen molar-refractivity contribution in [2.75, 3.05) is 34.8 Å². The topological polar surface area (TPSA) is 180 Å². The molecule has 0 aromatic heterocycles. The molecule has 3 aliphatic rings. The molecule has 3 fully saturated rings. The van der Waals surface area contributed by atoms with E-state index in [4.69, 9.17) is 28.4 Å². The lowest BCUT2D eigenvalue weighted by molar-refractivity contribution is -0.318. The SMILES string of the molecule is CC[C@@H]1OC(=O)[C@H](C)[C@H](O[C@@H]2C[C@@](C)(OC)[C@@H](O)[C@H](C)O2)[C@H](C)[C@@H](O[C@@H]2O[C@@H](C)C[C@@H](N(C)C)[C@H]2O)[C@@](C)(O)C[C@@H](C)CN(C)[C@H](C)[C@@H](O)[C@]1(C)O. The number of cyclic esters (lactones) is 1. The highest BCUT2D eigenvalue weighted by molar-refractivity contribution is 5.73.